The van der Waals surface area contributed by atoms with E-state index in [0.29, 0.717) is 12.4 Å². The molecule has 0 radical (unpaired) electrons. The molecule has 4 heteroatoms. The maximum atomic E-state index is 10.4. The van der Waals surface area contributed by atoms with Crippen LogP contribution in [-0.2, 0) is 0 Å². The summed E-state index contributed by atoms with van der Waals surface area (Å²) in [6.45, 7) is 3.69. The van der Waals surface area contributed by atoms with Gasteiger partial charge in [-0.1, -0.05) is 19.8 Å². The van der Waals surface area contributed by atoms with Crippen molar-refractivity contribution >= 4 is 11.8 Å². The topological polar surface area (TPSA) is 54.7 Å². The third-order valence-electron chi connectivity index (χ3n) is 4.46. The molecule has 0 fully saturated rings. The molecule has 136 valence electrons. The van der Waals surface area contributed by atoms with Crippen molar-refractivity contribution in [2.24, 2.45) is 4.99 Å². The van der Waals surface area contributed by atoms with Gasteiger partial charge in [-0.2, -0.15) is 0 Å². The second-order valence-corrected chi connectivity index (χ2v) is 6.52. The van der Waals surface area contributed by atoms with Crippen LogP contribution in [0.15, 0.2) is 53.3 Å². The lowest BCUT2D eigenvalue weighted by atomic mass is 9.94. The molecule has 2 aromatic rings. The van der Waals surface area contributed by atoms with Crippen LogP contribution < -0.4 is 4.74 Å². The number of benzene rings is 1. The molecule has 1 aromatic carbocycles. The Morgan fingerprint density at radius 2 is 2.15 bits per heavy atom. The van der Waals surface area contributed by atoms with Gasteiger partial charge in [-0.3, -0.25) is 9.98 Å². The van der Waals surface area contributed by atoms with Crippen LogP contribution >= 0.6 is 0 Å². The van der Waals surface area contributed by atoms with Crippen molar-refractivity contribution in [1.29, 1.82) is 0 Å². The molecule has 0 unspecified atom stereocenters. The summed E-state index contributed by atoms with van der Waals surface area (Å²) in [5, 5.41) is 10.4. The lowest BCUT2D eigenvalue weighted by Gasteiger charge is -2.16. The monoisotopic (exact) mass is 350 g/mol. The first-order valence-corrected chi connectivity index (χ1v) is 9.39. The normalized spacial score (nSPS) is 15.7. The van der Waals surface area contributed by atoms with Crippen LogP contribution in [0, 0.1) is 0 Å². The molecule has 3 rings (SSSR count). The zero-order valence-electron chi connectivity index (χ0n) is 15.3. The van der Waals surface area contributed by atoms with Crippen LogP contribution in [0.25, 0.3) is 6.08 Å². The van der Waals surface area contributed by atoms with Crippen LogP contribution in [0.3, 0.4) is 0 Å². The Labute approximate surface area is 155 Å². The molecule has 0 amide bonds. The number of hydrogen-bond donors (Lipinski definition) is 1. The average molecular weight is 350 g/mol. The minimum absolute atomic E-state index is 0.238. The number of nitrogens with zero attached hydrogens (tertiary/aromatic N) is 2. The molecule has 2 heterocycles. The molecule has 0 atom stereocenters. The molecule has 26 heavy (non-hydrogen) atoms. The highest BCUT2D eigenvalue weighted by molar-refractivity contribution is 6.15. The van der Waals surface area contributed by atoms with Gasteiger partial charge in [0, 0.05) is 36.1 Å². The second-order valence-electron chi connectivity index (χ2n) is 6.52. The second kappa shape index (κ2) is 9.18. The van der Waals surface area contributed by atoms with Gasteiger partial charge in [0.2, 0.25) is 0 Å². The molecule has 1 aliphatic heterocycles. The number of unbranched alkanes of at least 4 members (excludes halogenated alkanes) is 2. The first kappa shape index (κ1) is 18.2. The summed E-state index contributed by atoms with van der Waals surface area (Å²) in [6.07, 6.45) is 11.0. The lowest BCUT2D eigenvalue weighted by Crippen LogP contribution is -2.11. The van der Waals surface area contributed by atoms with Gasteiger partial charge < -0.3 is 9.84 Å². The maximum absolute atomic E-state index is 10.4. The van der Waals surface area contributed by atoms with Crippen molar-refractivity contribution in [3.63, 3.8) is 0 Å². The van der Waals surface area contributed by atoms with Gasteiger partial charge in [-0.25, -0.2) is 0 Å². The zero-order chi connectivity index (χ0) is 18.2. The molecule has 0 spiro atoms. The lowest BCUT2D eigenvalue weighted by molar-refractivity contribution is 0.304. The van der Waals surface area contributed by atoms with Crippen LogP contribution in [0.1, 0.15) is 50.2 Å². The van der Waals surface area contributed by atoms with Gasteiger partial charge in [0.05, 0.1) is 12.3 Å². The third kappa shape index (κ3) is 4.72. The molecule has 0 saturated heterocycles. The van der Waals surface area contributed by atoms with Gasteiger partial charge in [-0.15, -0.1) is 0 Å². The number of pyridine rings is 1. The Balaban J connectivity index is 1.78. The summed E-state index contributed by atoms with van der Waals surface area (Å²) >= 11 is 0. The highest BCUT2D eigenvalue weighted by Gasteiger charge is 2.15. The number of phenolic OH excluding ortho intramolecular Hbond substituents is 1. The minimum Gasteiger partial charge on any atom is -0.507 e. The summed E-state index contributed by atoms with van der Waals surface area (Å²) in [5.74, 6) is 0.951. The molecule has 0 saturated carbocycles. The number of ether oxygens (including phenoxy) is 1. The average Bonchev–Trinajstić information content (AvgIpc) is 2.68. The zero-order valence-corrected chi connectivity index (χ0v) is 15.3. The Hall–Kier alpha value is -2.62. The predicted molar refractivity (Wildman–Crippen MR) is 106 cm³/mol. The van der Waals surface area contributed by atoms with E-state index in [9.17, 15) is 5.11 Å². The van der Waals surface area contributed by atoms with E-state index < -0.39 is 0 Å². The summed E-state index contributed by atoms with van der Waals surface area (Å²) in [7, 11) is 0. The number of hydrogen-bond acceptors (Lipinski definition) is 4. The van der Waals surface area contributed by atoms with Crippen molar-refractivity contribution in [1.82, 2.24) is 4.98 Å². The van der Waals surface area contributed by atoms with Crippen molar-refractivity contribution in [2.45, 2.75) is 39.0 Å². The van der Waals surface area contributed by atoms with Crippen molar-refractivity contribution in [2.75, 3.05) is 13.2 Å². The van der Waals surface area contributed by atoms with Crippen LogP contribution in [-0.4, -0.2) is 29.0 Å². The van der Waals surface area contributed by atoms with E-state index >= 15 is 0 Å². The standard InChI is InChI=1S/C22H26N2O2/c1-2-3-4-13-26-20-10-9-17(21(25)15-20)14-18-7-6-12-24-22(18)19-8-5-11-23-16-19/h5,8-11,14-16,25H,2-4,6-7,12-13H2,1H3/b18-14+. The van der Waals surface area contributed by atoms with E-state index in [1.807, 2.05) is 36.5 Å². The fourth-order valence-electron chi connectivity index (χ4n) is 3.07. The van der Waals surface area contributed by atoms with Gasteiger partial charge in [0.25, 0.3) is 0 Å². The highest BCUT2D eigenvalue weighted by Crippen LogP contribution is 2.29. The third-order valence-corrected chi connectivity index (χ3v) is 4.46. The van der Waals surface area contributed by atoms with E-state index in [1.54, 1.807) is 12.3 Å². The molecule has 1 aromatic heterocycles. The minimum atomic E-state index is 0.238. The molecular weight excluding hydrogens is 324 g/mol. The van der Waals surface area contributed by atoms with E-state index in [-0.39, 0.29) is 5.75 Å². The first-order valence-electron chi connectivity index (χ1n) is 9.39. The van der Waals surface area contributed by atoms with Crippen LogP contribution in [0.2, 0.25) is 0 Å². The number of aromatic hydroxyl groups is 1. The van der Waals surface area contributed by atoms with E-state index in [1.165, 1.54) is 6.42 Å². The molecule has 1 aliphatic rings. The largest absolute Gasteiger partial charge is 0.507 e. The van der Waals surface area contributed by atoms with Gasteiger partial charge in [0.1, 0.15) is 11.5 Å². The number of allylic oxidation sites excluding steroid dienone is 1. The van der Waals surface area contributed by atoms with Gasteiger partial charge in [0.15, 0.2) is 0 Å². The Kier molecular flexibility index (Phi) is 6.42. The first-order chi connectivity index (χ1) is 12.8. The number of aliphatic imine (C=N–C) groups is 1. The smallest absolute Gasteiger partial charge is 0.126 e. The molecular formula is C22H26N2O2. The van der Waals surface area contributed by atoms with Crippen molar-refractivity contribution in [3.05, 3.63) is 59.4 Å². The predicted octanol–water partition coefficient (Wildman–Crippen LogP) is 5.02. The summed E-state index contributed by atoms with van der Waals surface area (Å²) in [5.41, 5.74) is 3.92. The van der Waals surface area contributed by atoms with Crippen LogP contribution in [0.4, 0.5) is 0 Å². The van der Waals surface area contributed by atoms with Gasteiger partial charge in [-0.05, 0) is 55.2 Å². The fourth-order valence-corrected chi connectivity index (χ4v) is 3.07. The Morgan fingerprint density at radius 3 is 2.92 bits per heavy atom. The Bertz CT molecular complexity index is 782. The molecule has 0 aliphatic carbocycles. The highest BCUT2D eigenvalue weighted by atomic mass is 16.5. The molecule has 1 N–H and O–H groups in total. The summed E-state index contributed by atoms with van der Waals surface area (Å²) < 4.78 is 5.71. The number of phenols is 1. The molecule has 4 nitrogen and oxygen atoms in total. The SMILES string of the molecule is CCCCCOc1ccc(/C=C2\CCCN=C2c2cccnc2)c(O)c1. The number of rotatable bonds is 7. The number of aromatic nitrogens is 1. The summed E-state index contributed by atoms with van der Waals surface area (Å²) in [4.78, 5) is 8.88. The maximum Gasteiger partial charge on any atom is 0.126 e. The quantitative estimate of drug-likeness (QED) is 0.713. The molecule has 0 bridgehead atoms. The fraction of sp³-hybridized carbons (Fsp3) is 0.364. The summed E-state index contributed by atoms with van der Waals surface area (Å²) in [6, 6.07) is 9.47. The van der Waals surface area contributed by atoms with Gasteiger partial charge >= 0.3 is 0 Å². The van der Waals surface area contributed by atoms with E-state index in [2.05, 4.69) is 16.9 Å². The van der Waals surface area contributed by atoms with E-state index in [0.717, 1.165) is 54.6 Å². The Morgan fingerprint density at radius 1 is 1.23 bits per heavy atom. The van der Waals surface area contributed by atoms with E-state index in [4.69, 9.17) is 4.74 Å². The van der Waals surface area contributed by atoms with Crippen LogP contribution in [0.5, 0.6) is 11.5 Å². The van der Waals surface area contributed by atoms with Crippen molar-refractivity contribution < 1.29 is 9.84 Å². The van der Waals surface area contributed by atoms with Crippen molar-refractivity contribution in [3.8, 4) is 11.5 Å².